The molecule has 1 aromatic heterocycles. The number of thioether (sulfide) groups is 1. The van der Waals surface area contributed by atoms with Gasteiger partial charge in [-0.15, -0.1) is 11.8 Å². The van der Waals surface area contributed by atoms with Gasteiger partial charge in [-0.3, -0.25) is 4.98 Å². The Hall–Kier alpha value is -2.43. The second kappa shape index (κ2) is 12.4. The second-order valence-electron chi connectivity index (χ2n) is 9.27. The van der Waals surface area contributed by atoms with Gasteiger partial charge in [-0.25, -0.2) is 22.0 Å². The summed E-state index contributed by atoms with van der Waals surface area (Å²) in [6, 6.07) is 7.41. The lowest BCUT2D eigenvalue weighted by molar-refractivity contribution is 0.0672. The zero-order valence-corrected chi connectivity index (χ0v) is 21.2. The molecule has 0 saturated carbocycles. The first-order valence-electron chi connectivity index (χ1n) is 12.2. The van der Waals surface area contributed by atoms with Crippen LogP contribution in [0.15, 0.2) is 41.4 Å². The minimum atomic E-state index is -1.69. The second-order valence-corrected chi connectivity index (χ2v) is 10.4. The molecule has 1 fully saturated rings. The summed E-state index contributed by atoms with van der Waals surface area (Å²) in [5, 5.41) is 10.7. The molecule has 0 radical (unpaired) electrons. The van der Waals surface area contributed by atoms with Crippen LogP contribution in [0, 0.1) is 35.1 Å². The predicted molar refractivity (Wildman–Crippen MR) is 133 cm³/mol. The van der Waals surface area contributed by atoms with Crippen LogP contribution in [-0.2, 0) is 0 Å². The van der Waals surface area contributed by atoms with Crippen molar-refractivity contribution >= 4 is 22.7 Å². The maximum absolute atomic E-state index is 15.4. The number of ether oxygens (including phenoxy) is 1. The maximum Gasteiger partial charge on any atom is 0.195 e. The number of likely N-dealkylation sites (tertiary alicyclic amines) is 1. The van der Waals surface area contributed by atoms with Crippen LogP contribution < -0.4 is 4.74 Å². The van der Waals surface area contributed by atoms with E-state index in [-0.39, 0.29) is 24.2 Å². The Morgan fingerprint density at radius 1 is 1.11 bits per heavy atom. The molecule has 2 heterocycles. The number of pyridine rings is 1. The molecular weight excluding hydrogens is 511 g/mol. The third kappa shape index (κ3) is 6.35. The Morgan fingerprint density at radius 3 is 2.68 bits per heavy atom. The molecular formula is C27H29F5N2O2S. The number of halogens is 5. The number of fused-ring (bicyclic) bond motifs is 1. The van der Waals surface area contributed by atoms with Gasteiger partial charge in [-0.2, -0.15) is 0 Å². The van der Waals surface area contributed by atoms with Crippen LogP contribution in [0.5, 0.6) is 5.75 Å². The number of nitrogens with zero attached hydrogens (tertiary/aromatic N) is 2. The molecule has 3 atom stereocenters. The standard InChI is InChI=1S/C27H29F5N2O2S/c1-36-18-3-5-24-20(12-18)19(6-8-33-24)21(28)4-2-16-7-9-34(14-17(16)15-35)10-11-37-27-23(30)13-22(29)25(31)26(27)32/h3,5-6,8,12-13,16-17,21,35H,2,4,7,9-11,14-15H2,1H3/t16-,17-,21+/m1/s1. The Morgan fingerprint density at radius 2 is 1.92 bits per heavy atom. The quantitative estimate of drug-likeness (QED) is 0.141. The Bertz CT molecular complexity index is 1230. The highest BCUT2D eigenvalue weighted by molar-refractivity contribution is 7.99. The third-order valence-corrected chi connectivity index (χ3v) is 8.10. The first-order valence-corrected chi connectivity index (χ1v) is 13.2. The highest BCUT2D eigenvalue weighted by Crippen LogP contribution is 2.35. The summed E-state index contributed by atoms with van der Waals surface area (Å²) < 4.78 is 75.0. The SMILES string of the molecule is COc1ccc2nccc([C@@H](F)CC[C@@H]3CCN(CCSc4c(F)cc(F)c(F)c4F)C[C@@H]3CO)c2c1. The first-order chi connectivity index (χ1) is 17.8. The van der Waals surface area contributed by atoms with Crippen molar-refractivity contribution in [3.63, 3.8) is 0 Å². The lowest BCUT2D eigenvalue weighted by atomic mass is 9.81. The Kier molecular flexibility index (Phi) is 9.26. The molecule has 0 bridgehead atoms. The summed E-state index contributed by atoms with van der Waals surface area (Å²) in [4.78, 5) is 5.83. The molecule has 3 aromatic rings. The van der Waals surface area contributed by atoms with Crippen molar-refractivity contribution in [3.8, 4) is 5.75 Å². The number of benzene rings is 2. The fourth-order valence-corrected chi connectivity index (χ4v) is 5.93. The van der Waals surface area contributed by atoms with Gasteiger partial charge in [0.25, 0.3) is 0 Å². The summed E-state index contributed by atoms with van der Waals surface area (Å²) in [7, 11) is 1.56. The van der Waals surface area contributed by atoms with Gasteiger partial charge in [0.05, 0.1) is 17.5 Å². The zero-order valence-electron chi connectivity index (χ0n) is 20.4. The van der Waals surface area contributed by atoms with Crippen molar-refractivity contribution in [2.75, 3.05) is 39.1 Å². The van der Waals surface area contributed by atoms with E-state index >= 15 is 4.39 Å². The minimum Gasteiger partial charge on any atom is -0.497 e. The van der Waals surface area contributed by atoms with E-state index in [1.54, 1.807) is 37.6 Å². The highest BCUT2D eigenvalue weighted by atomic mass is 32.2. The largest absolute Gasteiger partial charge is 0.497 e. The van der Waals surface area contributed by atoms with E-state index in [1.807, 2.05) is 0 Å². The van der Waals surface area contributed by atoms with Crippen molar-refractivity contribution in [1.29, 1.82) is 0 Å². The maximum atomic E-state index is 15.4. The van der Waals surface area contributed by atoms with Crippen LogP contribution in [0.2, 0.25) is 0 Å². The van der Waals surface area contributed by atoms with E-state index in [2.05, 4.69) is 9.88 Å². The van der Waals surface area contributed by atoms with Gasteiger partial charge in [0.2, 0.25) is 0 Å². The van der Waals surface area contributed by atoms with Crippen LogP contribution in [0.4, 0.5) is 22.0 Å². The first kappa shape index (κ1) is 27.6. The normalized spacial score (nSPS) is 19.3. The average Bonchev–Trinajstić information content (AvgIpc) is 2.91. The number of aromatic nitrogens is 1. The molecule has 4 nitrogen and oxygen atoms in total. The number of piperidine rings is 1. The van der Waals surface area contributed by atoms with Gasteiger partial charge in [-0.05, 0) is 67.5 Å². The number of hydrogen-bond acceptors (Lipinski definition) is 5. The summed E-state index contributed by atoms with van der Waals surface area (Å²) in [6.45, 7) is 1.67. The van der Waals surface area contributed by atoms with E-state index in [9.17, 15) is 22.7 Å². The van der Waals surface area contributed by atoms with E-state index < -0.39 is 34.3 Å². The lowest BCUT2D eigenvalue weighted by Gasteiger charge is -2.38. The molecule has 0 spiro atoms. The molecule has 4 rings (SSSR count). The van der Waals surface area contributed by atoms with Crippen molar-refractivity contribution in [1.82, 2.24) is 9.88 Å². The number of aliphatic hydroxyl groups is 1. The molecule has 0 unspecified atom stereocenters. The van der Waals surface area contributed by atoms with Gasteiger partial charge in [0.15, 0.2) is 17.5 Å². The molecule has 0 amide bonds. The van der Waals surface area contributed by atoms with E-state index in [0.29, 0.717) is 60.8 Å². The van der Waals surface area contributed by atoms with Crippen LogP contribution in [0.25, 0.3) is 10.9 Å². The molecule has 1 aliphatic rings. The van der Waals surface area contributed by atoms with Crippen molar-refractivity contribution in [2.24, 2.45) is 11.8 Å². The monoisotopic (exact) mass is 540 g/mol. The Labute approximate surface area is 216 Å². The highest BCUT2D eigenvalue weighted by Gasteiger charge is 2.30. The van der Waals surface area contributed by atoms with Crippen LogP contribution in [0.1, 0.15) is 31.0 Å². The minimum absolute atomic E-state index is 0.0485. The van der Waals surface area contributed by atoms with Crippen LogP contribution in [0.3, 0.4) is 0 Å². The average molecular weight is 541 g/mol. The van der Waals surface area contributed by atoms with Crippen molar-refractivity contribution in [2.45, 2.75) is 30.3 Å². The van der Waals surface area contributed by atoms with Gasteiger partial charge < -0.3 is 14.7 Å². The fraction of sp³-hybridized carbons (Fsp3) is 0.444. The molecule has 200 valence electrons. The van der Waals surface area contributed by atoms with Gasteiger partial charge in [-0.1, -0.05) is 0 Å². The molecule has 37 heavy (non-hydrogen) atoms. The topological polar surface area (TPSA) is 45.6 Å². The zero-order chi connectivity index (χ0) is 26.5. The Balaban J connectivity index is 1.31. The van der Waals surface area contributed by atoms with Gasteiger partial charge in [0.1, 0.15) is 17.7 Å². The smallest absolute Gasteiger partial charge is 0.195 e. The number of methoxy groups -OCH3 is 1. The van der Waals surface area contributed by atoms with Crippen molar-refractivity contribution < 1.29 is 31.8 Å². The van der Waals surface area contributed by atoms with Crippen LogP contribution in [-0.4, -0.2) is 54.1 Å². The van der Waals surface area contributed by atoms with E-state index in [0.717, 1.165) is 18.2 Å². The molecule has 0 aliphatic carbocycles. The summed E-state index contributed by atoms with van der Waals surface area (Å²) >= 11 is 0.791. The summed E-state index contributed by atoms with van der Waals surface area (Å²) in [5.74, 6) is -4.91. The lowest BCUT2D eigenvalue weighted by Crippen LogP contribution is -2.43. The van der Waals surface area contributed by atoms with Gasteiger partial charge in [0, 0.05) is 43.1 Å². The molecule has 10 heteroatoms. The number of rotatable bonds is 10. The van der Waals surface area contributed by atoms with E-state index in [4.69, 9.17) is 4.74 Å². The fourth-order valence-electron chi connectivity index (χ4n) is 4.97. The molecule has 2 aromatic carbocycles. The van der Waals surface area contributed by atoms with Crippen molar-refractivity contribution in [3.05, 3.63) is 65.4 Å². The molecule has 1 saturated heterocycles. The summed E-state index contributed by atoms with van der Waals surface area (Å²) in [6.07, 6.45) is 2.08. The number of aliphatic hydroxyl groups excluding tert-OH is 1. The third-order valence-electron chi connectivity index (χ3n) is 7.05. The number of hydrogen-bond donors (Lipinski definition) is 1. The molecule has 1 aliphatic heterocycles. The van der Waals surface area contributed by atoms with Gasteiger partial charge >= 0.3 is 0 Å². The summed E-state index contributed by atoms with van der Waals surface area (Å²) in [5.41, 5.74) is 1.26. The van der Waals surface area contributed by atoms with Crippen LogP contribution >= 0.6 is 11.8 Å². The van der Waals surface area contributed by atoms with E-state index in [1.165, 1.54) is 0 Å². The molecule has 1 N–H and O–H groups in total. The number of alkyl halides is 1. The predicted octanol–water partition coefficient (Wildman–Crippen LogP) is 6.31.